The minimum Gasteiger partial charge on any atom is -0.206 e. The molecule has 86 valence electrons. The van der Waals surface area contributed by atoms with Crippen LogP contribution in [0.2, 0.25) is 0 Å². The van der Waals surface area contributed by atoms with E-state index in [-0.39, 0.29) is 5.83 Å². The highest BCUT2D eigenvalue weighted by atomic mass is 19.1. The number of halogens is 1. The third kappa shape index (κ3) is 2.18. The first kappa shape index (κ1) is 11.4. The summed E-state index contributed by atoms with van der Waals surface area (Å²) in [4.78, 5) is 0. The lowest BCUT2D eigenvalue weighted by atomic mass is 9.81. The number of rotatable bonds is 1. The van der Waals surface area contributed by atoms with Crippen LogP contribution in [0.1, 0.15) is 39.0 Å². The van der Waals surface area contributed by atoms with Gasteiger partial charge in [-0.15, -0.1) is 0 Å². The second-order valence-electron chi connectivity index (χ2n) is 4.77. The molecule has 0 aromatic carbocycles. The first-order chi connectivity index (χ1) is 7.70. The van der Waals surface area contributed by atoms with E-state index in [4.69, 9.17) is 0 Å². The van der Waals surface area contributed by atoms with E-state index < -0.39 is 0 Å². The monoisotopic (exact) mass is 218 g/mol. The van der Waals surface area contributed by atoms with Gasteiger partial charge in [-0.25, -0.2) is 4.39 Å². The molecule has 0 aromatic heterocycles. The van der Waals surface area contributed by atoms with Gasteiger partial charge in [-0.1, -0.05) is 38.0 Å². The van der Waals surface area contributed by atoms with Crippen molar-refractivity contribution in [3.8, 4) is 0 Å². The topological polar surface area (TPSA) is 0 Å². The Morgan fingerprint density at radius 2 is 1.94 bits per heavy atom. The van der Waals surface area contributed by atoms with Gasteiger partial charge in [-0.3, -0.25) is 0 Å². The molecular weight excluding hydrogens is 199 g/mol. The van der Waals surface area contributed by atoms with Crippen molar-refractivity contribution < 1.29 is 4.39 Å². The summed E-state index contributed by atoms with van der Waals surface area (Å²) in [6.45, 7) is 5.84. The van der Waals surface area contributed by atoms with Gasteiger partial charge in [-0.2, -0.15) is 0 Å². The van der Waals surface area contributed by atoms with E-state index in [1.807, 2.05) is 13.0 Å². The molecule has 0 aromatic rings. The summed E-state index contributed by atoms with van der Waals surface area (Å²) in [5.41, 5.74) is 2.90. The molecule has 0 radical (unpaired) electrons. The van der Waals surface area contributed by atoms with Crippen molar-refractivity contribution in [3.05, 3.63) is 47.4 Å². The van der Waals surface area contributed by atoms with Crippen LogP contribution in [0.15, 0.2) is 47.4 Å². The third-order valence-corrected chi connectivity index (χ3v) is 3.74. The molecule has 2 rings (SSSR count). The van der Waals surface area contributed by atoms with Crippen molar-refractivity contribution in [3.63, 3.8) is 0 Å². The maximum absolute atomic E-state index is 13.5. The van der Waals surface area contributed by atoms with Crippen LogP contribution in [0.5, 0.6) is 0 Å². The standard InChI is InChI=1S/C15H19F/c1-11-12(2)15(16)10-6-9-14(11)13-7-4-3-5-8-13/h6,9-10,13H,2-5,7-8H2,1H3. The Bertz CT molecular complexity index is 376. The van der Waals surface area contributed by atoms with Gasteiger partial charge < -0.3 is 0 Å². The van der Waals surface area contributed by atoms with Gasteiger partial charge in [0, 0.05) is 5.57 Å². The normalized spacial score (nSPS) is 23.4. The molecular formula is C15H19F. The van der Waals surface area contributed by atoms with Crippen LogP contribution in [0.4, 0.5) is 4.39 Å². The molecule has 0 spiro atoms. The third-order valence-electron chi connectivity index (χ3n) is 3.74. The van der Waals surface area contributed by atoms with Crippen molar-refractivity contribution in [2.45, 2.75) is 39.0 Å². The number of hydrogen-bond acceptors (Lipinski definition) is 0. The minimum absolute atomic E-state index is 0.195. The summed E-state index contributed by atoms with van der Waals surface area (Å²) in [6.07, 6.45) is 11.8. The molecule has 0 nitrogen and oxygen atoms in total. The summed E-state index contributed by atoms with van der Waals surface area (Å²) < 4.78 is 13.5. The second-order valence-corrected chi connectivity index (χ2v) is 4.77. The van der Waals surface area contributed by atoms with Crippen LogP contribution in [0, 0.1) is 5.92 Å². The van der Waals surface area contributed by atoms with Gasteiger partial charge in [0.15, 0.2) is 0 Å². The lowest BCUT2D eigenvalue weighted by Gasteiger charge is -2.24. The highest BCUT2D eigenvalue weighted by molar-refractivity contribution is 5.50. The highest BCUT2D eigenvalue weighted by Crippen LogP contribution is 2.36. The van der Waals surface area contributed by atoms with Gasteiger partial charge in [0.05, 0.1) is 0 Å². The zero-order valence-electron chi connectivity index (χ0n) is 9.93. The average molecular weight is 218 g/mol. The number of allylic oxidation sites excluding steroid dienone is 7. The van der Waals surface area contributed by atoms with Crippen LogP contribution in [0.3, 0.4) is 0 Å². The van der Waals surface area contributed by atoms with E-state index in [1.54, 1.807) is 0 Å². The molecule has 0 saturated heterocycles. The Labute approximate surface area is 97.2 Å². The molecule has 0 amide bonds. The van der Waals surface area contributed by atoms with Crippen LogP contribution in [0.25, 0.3) is 0 Å². The summed E-state index contributed by atoms with van der Waals surface area (Å²) >= 11 is 0. The lowest BCUT2D eigenvalue weighted by Crippen LogP contribution is -2.09. The molecule has 0 N–H and O–H groups in total. The Balaban J connectivity index is 2.28. The molecule has 1 heteroatoms. The molecule has 0 aliphatic heterocycles. The molecule has 0 bridgehead atoms. The fourth-order valence-electron chi connectivity index (χ4n) is 2.67. The summed E-state index contributed by atoms with van der Waals surface area (Å²) in [6, 6.07) is 0. The van der Waals surface area contributed by atoms with Crippen LogP contribution < -0.4 is 0 Å². The van der Waals surface area contributed by atoms with E-state index in [0.29, 0.717) is 11.5 Å². The fourth-order valence-corrected chi connectivity index (χ4v) is 2.67. The Morgan fingerprint density at radius 1 is 1.25 bits per heavy atom. The van der Waals surface area contributed by atoms with Crippen LogP contribution in [-0.2, 0) is 0 Å². The molecule has 16 heavy (non-hydrogen) atoms. The van der Waals surface area contributed by atoms with E-state index in [9.17, 15) is 4.39 Å². The van der Waals surface area contributed by atoms with Crippen LogP contribution in [-0.4, -0.2) is 0 Å². The quantitative estimate of drug-likeness (QED) is 0.589. The van der Waals surface area contributed by atoms with Crippen LogP contribution >= 0.6 is 0 Å². The zero-order valence-corrected chi connectivity index (χ0v) is 9.93. The van der Waals surface area contributed by atoms with Crippen molar-refractivity contribution in [2.75, 3.05) is 0 Å². The summed E-state index contributed by atoms with van der Waals surface area (Å²) in [5, 5.41) is 0. The van der Waals surface area contributed by atoms with E-state index in [1.165, 1.54) is 43.8 Å². The second kappa shape index (κ2) is 4.82. The Morgan fingerprint density at radius 3 is 2.62 bits per heavy atom. The van der Waals surface area contributed by atoms with Gasteiger partial charge in [0.2, 0.25) is 0 Å². The predicted octanol–water partition coefficient (Wildman–Crippen LogP) is 4.86. The molecule has 2 aliphatic carbocycles. The maximum Gasteiger partial charge on any atom is 0.130 e. The van der Waals surface area contributed by atoms with Crippen molar-refractivity contribution in [1.29, 1.82) is 0 Å². The largest absolute Gasteiger partial charge is 0.206 e. The first-order valence-corrected chi connectivity index (χ1v) is 6.14. The fraction of sp³-hybridized carbons (Fsp3) is 0.467. The van der Waals surface area contributed by atoms with E-state index >= 15 is 0 Å². The summed E-state index contributed by atoms with van der Waals surface area (Å²) in [5.74, 6) is 0.417. The van der Waals surface area contributed by atoms with Gasteiger partial charge in [0.25, 0.3) is 0 Å². The van der Waals surface area contributed by atoms with Gasteiger partial charge in [0.1, 0.15) is 5.83 Å². The first-order valence-electron chi connectivity index (χ1n) is 6.14. The molecule has 0 unspecified atom stereocenters. The predicted molar refractivity (Wildman–Crippen MR) is 66.7 cm³/mol. The van der Waals surface area contributed by atoms with Crippen molar-refractivity contribution >= 4 is 0 Å². The molecule has 2 aliphatic rings. The average Bonchev–Trinajstić information content (AvgIpc) is 2.44. The SMILES string of the molecule is C=C1C(F)=CC=CC(C2CCCCC2)=C1C. The summed E-state index contributed by atoms with van der Waals surface area (Å²) in [7, 11) is 0. The van der Waals surface area contributed by atoms with Gasteiger partial charge in [-0.05, 0) is 42.9 Å². The number of hydrogen-bond donors (Lipinski definition) is 0. The Kier molecular flexibility index (Phi) is 3.42. The van der Waals surface area contributed by atoms with E-state index in [0.717, 1.165) is 5.57 Å². The maximum atomic E-state index is 13.5. The minimum atomic E-state index is -0.195. The van der Waals surface area contributed by atoms with Gasteiger partial charge >= 0.3 is 0 Å². The molecule has 0 atom stereocenters. The van der Waals surface area contributed by atoms with E-state index in [2.05, 4.69) is 12.7 Å². The zero-order chi connectivity index (χ0) is 11.5. The molecule has 1 saturated carbocycles. The Hall–Kier alpha value is -1.11. The van der Waals surface area contributed by atoms with Crippen molar-refractivity contribution in [2.24, 2.45) is 5.92 Å². The molecule has 0 heterocycles. The lowest BCUT2D eigenvalue weighted by molar-refractivity contribution is 0.406. The molecule has 1 fully saturated rings. The smallest absolute Gasteiger partial charge is 0.130 e. The highest BCUT2D eigenvalue weighted by Gasteiger charge is 2.20. The van der Waals surface area contributed by atoms with Crippen molar-refractivity contribution in [1.82, 2.24) is 0 Å².